The van der Waals surface area contributed by atoms with Gasteiger partial charge < -0.3 is 15.4 Å². The molecular weight excluding hydrogens is 204 g/mol. The molecule has 1 aliphatic rings. The molecule has 0 bridgehead atoms. The van der Waals surface area contributed by atoms with Crippen LogP contribution in [0, 0.1) is 0 Å². The highest BCUT2D eigenvalue weighted by atomic mass is 16.5. The second kappa shape index (κ2) is 6.21. The van der Waals surface area contributed by atoms with Crippen LogP contribution in [-0.2, 0) is 9.53 Å². The maximum Gasteiger partial charge on any atom is 0.223 e. The fourth-order valence-corrected chi connectivity index (χ4v) is 1.98. The lowest BCUT2D eigenvalue weighted by atomic mass is 10.1. The van der Waals surface area contributed by atoms with Crippen LogP contribution in [0.2, 0.25) is 0 Å². The molecule has 1 rings (SSSR count). The van der Waals surface area contributed by atoms with Gasteiger partial charge in [-0.2, -0.15) is 0 Å². The van der Waals surface area contributed by atoms with Crippen LogP contribution in [0.25, 0.3) is 0 Å². The Morgan fingerprint density at radius 2 is 2.31 bits per heavy atom. The summed E-state index contributed by atoms with van der Waals surface area (Å²) in [4.78, 5) is 14.0. The van der Waals surface area contributed by atoms with Crippen LogP contribution in [-0.4, -0.2) is 42.1 Å². The maximum absolute atomic E-state index is 12.0. The molecule has 94 valence electrons. The molecule has 1 aliphatic heterocycles. The number of carbonyl (C=O) groups excluding carboxylic acids is 1. The second-order valence-corrected chi connectivity index (χ2v) is 4.77. The molecule has 2 N–H and O–H groups in total. The monoisotopic (exact) mass is 228 g/mol. The average molecular weight is 228 g/mol. The number of morpholine rings is 1. The first-order valence-corrected chi connectivity index (χ1v) is 6.21. The first-order chi connectivity index (χ1) is 7.54. The fraction of sp³-hybridized carbons (Fsp3) is 0.917. The number of carbonyl (C=O) groups is 1. The molecule has 0 spiro atoms. The summed E-state index contributed by atoms with van der Waals surface area (Å²) in [6.45, 7) is 7.43. The maximum atomic E-state index is 12.0. The number of rotatable bonds is 4. The minimum absolute atomic E-state index is 0.0995. The van der Waals surface area contributed by atoms with E-state index in [9.17, 15) is 4.79 Å². The van der Waals surface area contributed by atoms with Gasteiger partial charge in [0, 0.05) is 19.0 Å². The number of amides is 1. The van der Waals surface area contributed by atoms with E-state index in [-0.39, 0.29) is 24.1 Å². The largest absolute Gasteiger partial charge is 0.375 e. The van der Waals surface area contributed by atoms with Gasteiger partial charge in [-0.25, -0.2) is 0 Å². The molecule has 1 heterocycles. The van der Waals surface area contributed by atoms with Gasteiger partial charge in [-0.3, -0.25) is 4.79 Å². The molecule has 0 radical (unpaired) electrons. The number of hydrogen-bond donors (Lipinski definition) is 1. The van der Waals surface area contributed by atoms with E-state index < -0.39 is 0 Å². The first kappa shape index (κ1) is 13.5. The van der Waals surface area contributed by atoms with Crippen LogP contribution < -0.4 is 5.73 Å². The summed E-state index contributed by atoms with van der Waals surface area (Å²) >= 11 is 0. The molecule has 3 unspecified atom stereocenters. The SMILES string of the molecule is CCC1COC(C)CN1C(=O)CCC(C)N. The summed E-state index contributed by atoms with van der Waals surface area (Å²) in [6.07, 6.45) is 2.43. The van der Waals surface area contributed by atoms with Crippen LogP contribution >= 0.6 is 0 Å². The van der Waals surface area contributed by atoms with Crippen molar-refractivity contribution in [3.63, 3.8) is 0 Å². The van der Waals surface area contributed by atoms with E-state index in [1.54, 1.807) is 0 Å². The Balaban J connectivity index is 2.49. The normalized spacial score (nSPS) is 27.9. The molecule has 4 nitrogen and oxygen atoms in total. The van der Waals surface area contributed by atoms with Crippen molar-refractivity contribution >= 4 is 5.91 Å². The van der Waals surface area contributed by atoms with E-state index >= 15 is 0 Å². The minimum atomic E-state index is 0.0995. The molecule has 0 aliphatic carbocycles. The highest BCUT2D eigenvalue weighted by Crippen LogP contribution is 2.16. The zero-order valence-corrected chi connectivity index (χ0v) is 10.6. The van der Waals surface area contributed by atoms with E-state index in [1.165, 1.54) is 0 Å². The van der Waals surface area contributed by atoms with Crippen molar-refractivity contribution in [1.29, 1.82) is 0 Å². The highest BCUT2D eigenvalue weighted by Gasteiger charge is 2.28. The molecule has 16 heavy (non-hydrogen) atoms. The summed E-state index contributed by atoms with van der Waals surface area (Å²) in [5, 5.41) is 0. The summed E-state index contributed by atoms with van der Waals surface area (Å²) in [6, 6.07) is 0.347. The lowest BCUT2D eigenvalue weighted by Crippen LogP contribution is -2.51. The van der Waals surface area contributed by atoms with E-state index in [4.69, 9.17) is 10.5 Å². The minimum Gasteiger partial charge on any atom is -0.375 e. The molecule has 0 aromatic carbocycles. The topological polar surface area (TPSA) is 55.6 Å². The van der Waals surface area contributed by atoms with E-state index in [1.807, 2.05) is 18.7 Å². The van der Waals surface area contributed by atoms with Crippen LogP contribution in [0.4, 0.5) is 0 Å². The Kier molecular flexibility index (Phi) is 5.22. The van der Waals surface area contributed by atoms with Crippen molar-refractivity contribution < 1.29 is 9.53 Å². The molecule has 1 amide bonds. The highest BCUT2D eigenvalue weighted by molar-refractivity contribution is 5.76. The molecule has 0 aromatic rings. The van der Waals surface area contributed by atoms with Crippen LogP contribution in [0.5, 0.6) is 0 Å². The molecule has 3 atom stereocenters. The number of nitrogens with zero attached hydrogens (tertiary/aromatic N) is 1. The lowest BCUT2D eigenvalue weighted by Gasteiger charge is -2.38. The number of nitrogens with two attached hydrogens (primary N) is 1. The molecule has 1 saturated heterocycles. The Morgan fingerprint density at radius 3 is 2.88 bits per heavy atom. The summed E-state index contributed by atoms with van der Waals surface area (Å²) in [5.41, 5.74) is 5.67. The summed E-state index contributed by atoms with van der Waals surface area (Å²) < 4.78 is 5.57. The summed E-state index contributed by atoms with van der Waals surface area (Å²) in [5.74, 6) is 0.222. The van der Waals surface area contributed by atoms with Gasteiger partial charge in [0.25, 0.3) is 0 Å². The van der Waals surface area contributed by atoms with E-state index in [2.05, 4.69) is 6.92 Å². The predicted molar refractivity (Wildman–Crippen MR) is 64.1 cm³/mol. The van der Waals surface area contributed by atoms with E-state index in [0.717, 1.165) is 19.4 Å². The van der Waals surface area contributed by atoms with Gasteiger partial charge in [0.15, 0.2) is 0 Å². The molecule has 1 fully saturated rings. The third kappa shape index (κ3) is 3.76. The van der Waals surface area contributed by atoms with Crippen molar-refractivity contribution in [2.75, 3.05) is 13.2 Å². The number of ether oxygens (including phenoxy) is 1. The Hall–Kier alpha value is -0.610. The quantitative estimate of drug-likeness (QED) is 0.785. The zero-order valence-electron chi connectivity index (χ0n) is 10.6. The smallest absolute Gasteiger partial charge is 0.223 e. The van der Waals surface area contributed by atoms with Crippen molar-refractivity contribution in [2.45, 2.75) is 58.2 Å². The standard InChI is InChI=1S/C12H24N2O2/c1-4-11-8-16-10(3)7-14(11)12(15)6-5-9(2)13/h9-11H,4-8,13H2,1-3H3. The zero-order chi connectivity index (χ0) is 12.1. The van der Waals surface area contributed by atoms with Crippen LogP contribution in [0.3, 0.4) is 0 Å². The van der Waals surface area contributed by atoms with Gasteiger partial charge in [0.1, 0.15) is 0 Å². The third-order valence-corrected chi connectivity index (χ3v) is 3.07. The van der Waals surface area contributed by atoms with Gasteiger partial charge >= 0.3 is 0 Å². The summed E-state index contributed by atoms with van der Waals surface area (Å²) in [7, 11) is 0. The van der Waals surface area contributed by atoms with Gasteiger partial charge in [0.2, 0.25) is 5.91 Å². The first-order valence-electron chi connectivity index (χ1n) is 6.21. The molecule has 0 aromatic heterocycles. The Morgan fingerprint density at radius 1 is 1.62 bits per heavy atom. The van der Waals surface area contributed by atoms with Gasteiger partial charge in [-0.1, -0.05) is 6.92 Å². The van der Waals surface area contributed by atoms with Crippen molar-refractivity contribution in [3.8, 4) is 0 Å². The molecular formula is C12H24N2O2. The third-order valence-electron chi connectivity index (χ3n) is 3.07. The predicted octanol–water partition coefficient (Wildman–Crippen LogP) is 1.14. The fourth-order valence-electron chi connectivity index (χ4n) is 1.98. The van der Waals surface area contributed by atoms with Gasteiger partial charge in [-0.15, -0.1) is 0 Å². The number of hydrogen-bond acceptors (Lipinski definition) is 3. The van der Waals surface area contributed by atoms with Crippen LogP contribution in [0.15, 0.2) is 0 Å². The van der Waals surface area contributed by atoms with Crippen LogP contribution in [0.1, 0.15) is 40.0 Å². The molecule has 0 saturated carbocycles. The van der Waals surface area contributed by atoms with Gasteiger partial charge in [-0.05, 0) is 26.7 Å². The van der Waals surface area contributed by atoms with Crippen molar-refractivity contribution in [3.05, 3.63) is 0 Å². The Bertz CT molecular complexity index is 231. The van der Waals surface area contributed by atoms with E-state index in [0.29, 0.717) is 13.0 Å². The lowest BCUT2D eigenvalue weighted by molar-refractivity contribution is -0.144. The Labute approximate surface area is 98.1 Å². The van der Waals surface area contributed by atoms with Crippen molar-refractivity contribution in [1.82, 2.24) is 4.90 Å². The second-order valence-electron chi connectivity index (χ2n) is 4.77. The van der Waals surface area contributed by atoms with Gasteiger partial charge in [0.05, 0.1) is 18.8 Å². The average Bonchev–Trinajstić information content (AvgIpc) is 2.25. The van der Waals surface area contributed by atoms with Crippen molar-refractivity contribution in [2.24, 2.45) is 5.73 Å². The molecule has 4 heteroatoms.